The van der Waals surface area contributed by atoms with Crippen molar-refractivity contribution in [3.05, 3.63) is 0 Å². The SMILES string of the molecule is CCCCCCCC(CCCCCCC)N1CCNCC(C)C1. The third-order valence-electron chi connectivity index (χ3n) is 5.41. The highest BCUT2D eigenvalue weighted by Crippen LogP contribution is 2.20. The Balaban J connectivity index is 2.35. The second kappa shape index (κ2) is 14.3. The quantitative estimate of drug-likeness (QED) is 0.442. The number of hydrogen-bond donors (Lipinski definition) is 1. The molecule has 0 radical (unpaired) electrons. The average molecular weight is 325 g/mol. The summed E-state index contributed by atoms with van der Waals surface area (Å²) in [6, 6.07) is 0.848. The third kappa shape index (κ3) is 10.4. The smallest absolute Gasteiger partial charge is 0.0110 e. The molecule has 2 nitrogen and oxygen atoms in total. The van der Waals surface area contributed by atoms with Crippen LogP contribution in [0.15, 0.2) is 0 Å². The van der Waals surface area contributed by atoms with Gasteiger partial charge in [0.25, 0.3) is 0 Å². The first-order chi connectivity index (χ1) is 11.3. The fourth-order valence-corrected chi connectivity index (χ4v) is 3.94. The Labute approximate surface area is 146 Å². The van der Waals surface area contributed by atoms with E-state index in [1.165, 1.54) is 103 Å². The van der Waals surface area contributed by atoms with Crippen LogP contribution in [-0.2, 0) is 0 Å². The van der Waals surface area contributed by atoms with Crippen LogP contribution in [0.5, 0.6) is 0 Å². The Bertz CT molecular complexity index is 240. The van der Waals surface area contributed by atoms with Crippen LogP contribution in [0, 0.1) is 5.92 Å². The number of nitrogens with zero attached hydrogens (tertiary/aromatic N) is 1. The minimum atomic E-state index is 0.806. The number of unbranched alkanes of at least 4 members (excludes halogenated alkanes) is 8. The Morgan fingerprint density at radius 2 is 1.43 bits per heavy atom. The van der Waals surface area contributed by atoms with Gasteiger partial charge in [0.05, 0.1) is 0 Å². The van der Waals surface area contributed by atoms with E-state index in [9.17, 15) is 0 Å². The maximum atomic E-state index is 3.61. The van der Waals surface area contributed by atoms with Gasteiger partial charge in [-0.3, -0.25) is 4.90 Å². The van der Waals surface area contributed by atoms with Gasteiger partial charge in [0.2, 0.25) is 0 Å². The monoisotopic (exact) mass is 324 g/mol. The van der Waals surface area contributed by atoms with Crippen LogP contribution in [0.3, 0.4) is 0 Å². The molecule has 0 spiro atoms. The van der Waals surface area contributed by atoms with Gasteiger partial charge in [0, 0.05) is 25.7 Å². The van der Waals surface area contributed by atoms with Crippen molar-refractivity contribution in [3.8, 4) is 0 Å². The summed E-state index contributed by atoms with van der Waals surface area (Å²) in [5.41, 5.74) is 0. The Morgan fingerprint density at radius 1 is 0.870 bits per heavy atom. The Kier molecular flexibility index (Phi) is 13.0. The first-order valence-electron chi connectivity index (χ1n) is 10.7. The lowest BCUT2D eigenvalue weighted by molar-refractivity contribution is 0.165. The van der Waals surface area contributed by atoms with Gasteiger partial charge in [-0.15, -0.1) is 0 Å². The molecule has 0 aromatic heterocycles. The molecule has 1 aliphatic rings. The zero-order valence-corrected chi connectivity index (χ0v) is 16.4. The molecule has 138 valence electrons. The van der Waals surface area contributed by atoms with Crippen molar-refractivity contribution in [3.63, 3.8) is 0 Å². The van der Waals surface area contributed by atoms with E-state index >= 15 is 0 Å². The summed E-state index contributed by atoms with van der Waals surface area (Å²) in [5.74, 6) is 0.806. The van der Waals surface area contributed by atoms with Crippen molar-refractivity contribution in [1.82, 2.24) is 10.2 Å². The van der Waals surface area contributed by atoms with E-state index in [1.54, 1.807) is 0 Å². The molecule has 23 heavy (non-hydrogen) atoms. The van der Waals surface area contributed by atoms with Crippen LogP contribution in [0.4, 0.5) is 0 Å². The summed E-state index contributed by atoms with van der Waals surface area (Å²) >= 11 is 0. The minimum Gasteiger partial charge on any atom is -0.315 e. The van der Waals surface area contributed by atoms with Gasteiger partial charge in [-0.25, -0.2) is 0 Å². The topological polar surface area (TPSA) is 15.3 Å². The van der Waals surface area contributed by atoms with Gasteiger partial charge >= 0.3 is 0 Å². The van der Waals surface area contributed by atoms with Crippen LogP contribution in [0.1, 0.15) is 97.8 Å². The van der Waals surface area contributed by atoms with E-state index in [4.69, 9.17) is 0 Å². The zero-order chi connectivity index (χ0) is 16.8. The van der Waals surface area contributed by atoms with Gasteiger partial charge in [-0.2, -0.15) is 0 Å². The Hall–Kier alpha value is -0.0800. The van der Waals surface area contributed by atoms with E-state index in [0.717, 1.165) is 12.0 Å². The fraction of sp³-hybridized carbons (Fsp3) is 1.00. The van der Waals surface area contributed by atoms with Crippen molar-refractivity contribution in [2.24, 2.45) is 5.92 Å². The van der Waals surface area contributed by atoms with Gasteiger partial charge in [0.1, 0.15) is 0 Å². The highest BCUT2D eigenvalue weighted by atomic mass is 15.2. The number of hydrogen-bond acceptors (Lipinski definition) is 2. The molecule has 0 aliphatic carbocycles. The molecular formula is C21H44N2. The molecule has 1 N–H and O–H groups in total. The average Bonchev–Trinajstić information content (AvgIpc) is 2.77. The highest BCUT2D eigenvalue weighted by molar-refractivity contribution is 4.78. The maximum absolute atomic E-state index is 3.61. The summed E-state index contributed by atoms with van der Waals surface area (Å²) in [5, 5.41) is 3.61. The predicted molar refractivity (Wildman–Crippen MR) is 104 cm³/mol. The largest absolute Gasteiger partial charge is 0.315 e. The molecule has 0 bridgehead atoms. The van der Waals surface area contributed by atoms with Crippen molar-refractivity contribution < 1.29 is 0 Å². The lowest BCUT2D eigenvalue weighted by Crippen LogP contribution is -2.39. The van der Waals surface area contributed by atoms with Crippen molar-refractivity contribution in [2.45, 2.75) is 104 Å². The van der Waals surface area contributed by atoms with Crippen LogP contribution >= 0.6 is 0 Å². The second-order valence-electron chi connectivity index (χ2n) is 7.86. The van der Waals surface area contributed by atoms with Crippen molar-refractivity contribution in [2.75, 3.05) is 26.2 Å². The van der Waals surface area contributed by atoms with Crippen LogP contribution in [0.2, 0.25) is 0 Å². The van der Waals surface area contributed by atoms with Crippen LogP contribution in [0.25, 0.3) is 0 Å². The van der Waals surface area contributed by atoms with Crippen LogP contribution < -0.4 is 5.32 Å². The maximum Gasteiger partial charge on any atom is 0.0110 e. The summed E-state index contributed by atoms with van der Waals surface area (Å²) in [7, 11) is 0. The van der Waals surface area contributed by atoms with Gasteiger partial charge in [-0.05, 0) is 25.3 Å². The van der Waals surface area contributed by atoms with E-state index < -0.39 is 0 Å². The molecule has 1 rings (SSSR count). The van der Waals surface area contributed by atoms with Gasteiger partial charge in [-0.1, -0.05) is 85.0 Å². The van der Waals surface area contributed by atoms with Gasteiger partial charge in [0.15, 0.2) is 0 Å². The fourth-order valence-electron chi connectivity index (χ4n) is 3.94. The molecule has 1 fully saturated rings. The number of nitrogens with one attached hydrogen (secondary N) is 1. The first-order valence-corrected chi connectivity index (χ1v) is 10.7. The molecular weight excluding hydrogens is 280 g/mol. The molecule has 1 saturated heterocycles. The van der Waals surface area contributed by atoms with E-state index in [-0.39, 0.29) is 0 Å². The van der Waals surface area contributed by atoms with Crippen molar-refractivity contribution >= 4 is 0 Å². The molecule has 0 amide bonds. The molecule has 0 aromatic carbocycles. The summed E-state index contributed by atoms with van der Waals surface area (Å²) in [6.45, 7) is 12.0. The normalized spacial score (nSPS) is 20.1. The summed E-state index contributed by atoms with van der Waals surface area (Å²) in [6.07, 6.45) is 17.1. The van der Waals surface area contributed by atoms with Gasteiger partial charge < -0.3 is 5.32 Å². The molecule has 1 atom stereocenters. The second-order valence-corrected chi connectivity index (χ2v) is 7.86. The van der Waals surface area contributed by atoms with Crippen LogP contribution in [-0.4, -0.2) is 37.1 Å². The Morgan fingerprint density at radius 3 is 2.00 bits per heavy atom. The minimum absolute atomic E-state index is 0.806. The molecule has 1 heterocycles. The molecule has 1 unspecified atom stereocenters. The predicted octanol–water partition coefficient (Wildman–Crippen LogP) is 5.62. The van der Waals surface area contributed by atoms with E-state index in [2.05, 4.69) is 31.0 Å². The highest BCUT2D eigenvalue weighted by Gasteiger charge is 2.21. The zero-order valence-electron chi connectivity index (χ0n) is 16.4. The lowest BCUT2D eigenvalue weighted by Gasteiger charge is -2.32. The standard InChI is InChI=1S/C21H44N2/c1-4-6-8-10-12-14-21(15-13-11-9-7-5-2)23-17-16-22-18-20(3)19-23/h20-22H,4-19H2,1-3H3. The molecule has 2 heteroatoms. The van der Waals surface area contributed by atoms with Crippen molar-refractivity contribution in [1.29, 1.82) is 0 Å². The molecule has 0 aromatic rings. The van der Waals surface area contributed by atoms with E-state index in [1.807, 2.05) is 0 Å². The number of rotatable bonds is 13. The van der Waals surface area contributed by atoms with E-state index in [0.29, 0.717) is 0 Å². The first kappa shape index (κ1) is 21.0. The summed E-state index contributed by atoms with van der Waals surface area (Å²) in [4.78, 5) is 2.82. The summed E-state index contributed by atoms with van der Waals surface area (Å²) < 4.78 is 0. The third-order valence-corrected chi connectivity index (χ3v) is 5.41. The lowest BCUT2D eigenvalue weighted by atomic mass is 9.98. The molecule has 0 saturated carbocycles. The molecule has 1 aliphatic heterocycles.